The average molecular weight is 140 g/mol. The molecule has 0 unspecified atom stereocenters. The first-order chi connectivity index (χ1) is 4.81. The van der Waals surface area contributed by atoms with Crippen LogP contribution < -0.4 is 0 Å². The van der Waals surface area contributed by atoms with Crippen LogP contribution in [-0.4, -0.2) is 0 Å². The summed E-state index contributed by atoms with van der Waals surface area (Å²) in [6, 6.07) is 0. The zero-order valence-electron chi connectivity index (χ0n) is 7.94. The van der Waals surface area contributed by atoms with Crippen molar-refractivity contribution in [2.45, 2.75) is 41.0 Å². The van der Waals surface area contributed by atoms with E-state index >= 15 is 0 Å². The molecule has 0 heterocycles. The summed E-state index contributed by atoms with van der Waals surface area (Å²) in [5, 5.41) is 0. The minimum Gasteiger partial charge on any atom is -0.0877 e. The van der Waals surface area contributed by atoms with E-state index in [1.165, 1.54) is 5.57 Å². The van der Waals surface area contributed by atoms with Crippen LogP contribution in [-0.2, 0) is 0 Å². The molecular formula is C10H20. The Kier molecular flexibility index (Phi) is 13.8. The fraction of sp³-hybridized carbons (Fsp3) is 0.600. The molecule has 0 saturated carbocycles. The Hall–Kier alpha value is -0.520. The summed E-state index contributed by atoms with van der Waals surface area (Å²) >= 11 is 0. The molecule has 0 radical (unpaired) electrons. The van der Waals surface area contributed by atoms with E-state index in [-0.39, 0.29) is 0 Å². The van der Waals surface area contributed by atoms with Gasteiger partial charge in [0.1, 0.15) is 0 Å². The molecule has 0 aromatic rings. The largest absolute Gasteiger partial charge is 0.0877 e. The van der Waals surface area contributed by atoms with Crippen LogP contribution in [0.5, 0.6) is 0 Å². The minimum atomic E-state index is 1.16. The standard InChI is InChI=1S/C8H14.C2H6/c1-4-6-7-8(3)5-2;1-2/h4,6-7H,5H2,1-3H3;1-2H3/b6-4+,8-7+;. The van der Waals surface area contributed by atoms with E-state index in [9.17, 15) is 0 Å². The molecule has 0 bridgehead atoms. The molecular weight excluding hydrogens is 120 g/mol. The molecule has 0 rings (SSSR count). The Balaban J connectivity index is 0. The van der Waals surface area contributed by atoms with Gasteiger partial charge in [-0.05, 0) is 20.3 Å². The van der Waals surface area contributed by atoms with Crippen molar-refractivity contribution in [2.75, 3.05) is 0 Å². The van der Waals surface area contributed by atoms with Crippen molar-refractivity contribution in [3.63, 3.8) is 0 Å². The zero-order chi connectivity index (χ0) is 8.41. The van der Waals surface area contributed by atoms with Crippen molar-refractivity contribution in [1.82, 2.24) is 0 Å². The first-order valence-corrected chi connectivity index (χ1v) is 4.09. The molecule has 0 saturated heterocycles. The molecule has 0 aliphatic carbocycles. The SMILES string of the molecule is C/C=C/C=C(\C)CC.CC. The van der Waals surface area contributed by atoms with E-state index in [4.69, 9.17) is 0 Å². The third-order valence-electron chi connectivity index (χ3n) is 1.13. The van der Waals surface area contributed by atoms with Gasteiger partial charge >= 0.3 is 0 Å². The van der Waals surface area contributed by atoms with E-state index in [0.717, 1.165) is 6.42 Å². The Morgan fingerprint density at radius 2 is 1.80 bits per heavy atom. The molecule has 60 valence electrons. The molecule has 0 aromatic carbocycles. The van der Waals surface area contributed by atoms with Gasteiger partial charge in [-0.3, -0.25) is 0 Å². The lowest BCUT2D eigenvalue weighted by atomic mass is 10.2. The van der Waals surface area contributed by atoms with E-state index in [2.05, 4.69) is 26.0 Å². The Morgan fingerprint density at radius 3 is 2.10 bits per heavy atom. The van der Waals surface area contributed by atoms with Gasteiger partial charge in [-0.25, -0.2) is 0 Å². The van der Waals surface area contributed by atoms with Crippen LogP contribution in [0.4, 0.5) is 0 Å². The number of allylic oxidation sites excluding steroid dienone is 4. The van der Waals surface area contributed by atoms with Crippen molar-refractivity contribution in [3.05, 3.63) is 23.8 Å². The second-order valence-corrected chi connectivity index (χ2v) is 1.89. The van der Waals surface area contributed by atoms with Crippen LogP contribution >= 0.6 is 0 Å². The number of hydrogen-bond donors (Lipinski definition) is 0. The van der Waals surface area contributed by atoms with Crippen LogP contribution in [0.1, 0.15) is 41.0 Å². The molecule has 0 aliphatic heterocycles. The summed E-state index contributed by atoms with van der Waals surface area (Å²) in [6.45, 7) is 10.3. The van der Waals surface area contributed by atoms with Crippen LogP contribution in [0.2, 0.25) is 0 Å². The lowest BCUT2D eigenvalue weighted by Gasteiger charge is -1.87. The highest BCUT2D eigenvalue weighted by molar-refractivity contribution is 5.08. The van der Waals surface area contributed by atoms with Crippen LogP contribution in [0.25, 0.3) is 0 Å². The number of rotatable bonds is 2. The van der Waals surface area contributed by atoms with Gasteiger partial charge in [-0.15, -0.1) is 0 Å². The molecule has 0 spiro atoms. The van der Waals surface area contributed by atoms with Crippen molar-refractivity contribution in [3.8, 4) is 0 Å². The fourth-order valence-electron chi connectivity index (χ4n) is 0.378. The molecule has 0 atom stereocenters. The average Bonchev–Trinajstić information content (AvgIpc) is 2.04. The van der Waals surface area contributed by atoms with Crippen molar-refractivity contribution in [1.29, 1.82) is 0 Å². The summed E-state index contributed by atoms with van der Waals surface area (Å²) in [7, 11) is 0. The summed E-state index contributed by atoms with van der Waals surface area (Å²) < 4.78 is 0. The molecule has 0 nitrogen and oxygen atoms in total. The molecule has 10 heavy (non-hydrogen) atoms. The van der Waals surface area contributed by atoms with E-state index in [1.54, 1.807) is 0 Å². The smallest absolute Gasteiger partial charge is 0.0349 e. The van der Waals surface area contributed by atoms with Crippen molar-refractivity contribution >= 4 is 0 Å². The van der Waals surface area contributed by atoms with Gasteiger partial charge in [0.15, 0.2) is 0 Å². The predicted octanol–water partition coefficient (Wildman–Crippen LogP) is 3.95. The maximum atomic E-state index is 2.16. The normalized spacial score (nSPS) is 11.1. The molecule has 0 aliphatic rings. The summed E-state index contributed by atoms with van der Waals surface area (Å²) in [6.07, 6.45) is 7.41. The molecule has 0 heteroatoms. The first-order valence-electron chi connectivity index (χ1n) is 4.09. The van der Waals surface area contributed by atoms with Gasteiger partial charge in [0.05, 0.1) is 0 Å². The third kappa shape index (κ3) is 10.5. The van der Waals surface area contributed by atoms with Crippen molar-refractivity contribution < 1.29 is 0 Å². The monoisotopic (exact) mass is 140 g/mol. The Morgan fingerprint density at radius 1 is 1.30 bits per heavy atom. The van der Waals surface area contributed by atoms with Gasteiger partial charge < -0.3 is 0 Å². The highest BCUT2D eigenvalue weighted by Gasteiger charge is 1.75. The maximum absolute atomic E-state index is 2.16. The predicted molar refractivity (Wildman–Crippen MR) is 50.2 cm³/mol. The van der Waals surface area contributed by atoms with Gasteiger partial charge in [0.2, 0.25) is 0 Å². The summed E-state index contributed by atoms with van der Waals surface area (Å²) in [5.74, 6) is 0. The Bertz CT molecular complexity index is 96.6. The van der Waals surface area contributed by atoms with Gasteiger partial charge in [0, 0.05) is 0 Å². The lowest BCUT2D eigenvalue weighted by Crippen LogP contribution is -1.66. The topological polar surface area (TPSA) is 0 Å². The van der Waals surface area contributed by atoms with E-state index < -0.39 is 0 Å². The highest BCUT2D eigenvalue weighted by atomic mass is 13.8. The highest BCUT2D eigenvalue weighted by Crippen LogP contribution is 1.96. The summed E-state index contributed by atoms with van der Waals surface area (Å²) in [5.41, 5.74) is 1.43. The molecule has 0 amide bonds. The second kappa shape index (κ2) is 11.3. The maximum Gasteiger partial charge on any atom is -0.0349 e. The van der Waals surface area contributed by atoms with Crippen LogP contribution in [0.15, 0.2) is 23.8 Å². The van der Waals surface area contributed by atoms with Crippen molar-refractivity contribution in [2.24, 2.45) is 0 Å². The lowest BCUT2D eigenvalue weighted by molar-refractivity contribution is 1.10. The van der Waals surface area contributed by atoms with Gasteiger partial charge in [0.25, 0.3) is 0 Å². The fourth-order valence-corrected chi connectivity index (χ4v) is 0.378. The van der Waals surface area contributed by atoms with E-state index in [0.29, 0.717) is 0 Å². The second-order valence-electron chi connectivity index (χ2n) is 1.89. The van der Waals surface area contributed by atoms with Crippen LogP contribution in [0.3, 0.4) is 0 Å². The quantitative estimate of drug-likeness (QED) is 0.509. The third-order valence-corrected chi connectivity index (χ3v) is 1.13. The van der Waals surface area contributed by atoms with Gasteiger partial charge in [-0.1, -0.05) is 44.6 Å². The molecule has 0 N–H and O–H groups in total. The molecule has 0 fully saturated rings. The first kappa shape index (κ1) is 12.2. The van der Waals surface area contributed by atoms with E-state index in [1.807, 2.05) is 26.8 Å². The van der Waals surface area contributed by atoms with Gasteiger partial charge in [-0.2, -0.15) is 0 Å². The zero-order valence-corrected chi connectivity index (χ0v) is 7.94. The Labute approximate surface area is 65.7 Å². The minimum absolute atomic E-state index is 1.16. The molecule has 0 aromatic heterocycles. The summed E-state index contributed by atoms with van der Waals surface area (Å²) in [4.78, 5) is 0. The van der Waals surface area contributed by atoms with Crippen LogP contribution in [0, 0.1) is 0 Å². The number of hydrogen-bond acceptors (Lipinski definition) is 0.